The lowest BCUT2D eigenvalue weighted by molar-refractivity contribution is -0.0645. The van der Waals surface area contributed by atoms with Crippen LogP contribution in [0.25, 0.3) is 0 Å². The average molecular weight is 302 g/mol. The summed E-state index contributed by atoms with van der Waals surface area (Å²) in [6.45, 7) is 9.20. The van der Waals surface area contributed by atoms with E-state index in [4.69, 9.17) is 0 Å². The van der Waals surface area contributed by atoms with E-state index in [-0.39, 0.29) is 5.41 Å². The zero-order valence-corrected chi connectivity index (χ0v) is 14.0. The summed E-state index contributed by atoms with van der Waals surface area (Å²) in [6, 6.07) is 0. The summed E-state index contributed by atoms with van der Waals surface area (Å²) in [6.07, 6.45) is 8.91. The van der Waals surface area contributed by atoms with Crippen molar-refractivity contribution in [1.29, 1.82) is 0 Å². The second kappa shape index (κ2) is 4.70. The Hall–Kier alpha value is -0.600. The van der Waals surface area contributed by atoms with Gasteiger partial charge in [0.2, 0.25) is 0 Å². The Morgan fingerprint density at radius 1 is 1.05 bits per heavy atom. The van der Waals surface area contributed by atoms with Crippen molar-refractivity contribution >= 4 is 0 Å². The van der Waals surface area contributed by atoms with Crippen molar-refractivity contribution in [2.24, 2.45) is 28.6 Å². The number of aliphatic hydroxyl groups is 2. The highest BCUT2D eigenvalue weighted by Crippen LogP contribution is 2.66. The number of rotatable bonds is 0. The highest BCUT2D eigenvalue weighted by atomic mass is 16.3. The van der Waals surface area contributed by atoms with Crippen LogP contribution >= 0.6 is 0 Å². The summed E-state index contributed by atoms with van der Waals surface area (Å²) in [5.74, 6) is 2.25. The molecule has 7 atom stereocenters. The lowest BCUT2D eigenvalue weighted by atomic mass is 9.47. The topological polar surface area (TPSA) is 40.5 Å². The van der Waals surface area contributed by atoms with Gasteiger partial charge < -0.3 is 10.2 Å². The first kappa shape index (κ1) is 15.0. The number of aliphatic hydroxyl groups excluding tert-OH is 2. The molecule has 0 saturated heterocycles. The first-order valence-electron chi connectivity index (χ1n) is 9.12. The minimum absolute atomic E-state index is 0.104. The van der Waals surface area contributed by atoms with E-state index >= 15 is 0 Å². The maximum Gasteiger partial charge on any atom is 0.0983 e. The van der Waals surface area contributed by atoms with E-state index in [9.17, 15) is 10.2 Å². The molecule has 2 N–H and O–H groups in total. The molecule has 4 aliphatic carbocycles. The van der Waals surface area contributed by atoms with Gasteiger partial charge in [-0.25, -0.2) is 0 Å². The molecule has 4 aliphatic rings. The molecule has 0 bridgehead atoms. The first-order chi connectivity index (χ1) is 10.4. The predicted octanol–water partition coefficient (Wildman–Crippen LogP) is 3.84. The van der Waals surface area contributed by atoms with Crippen LogP contribution in [0.2, 0.25) is 0 Å². The highest BCUT2D eigenvalue weighted by molar-refractivity contribution is 5.29. The van der Waals surface area contributed by atoms with E-state index in [0.29, 0.717) is 11.3 Å². The number of fused-ring (bicyclic) bond motifs is 5. The van der Waals surface area contributed by atoms with E-state index < -0.39 is 12.2 Å². The standard InChI is InChI=1S/C20H30O2/c1-12-4-7-15-14-6-5-13-10-17(21)18(22)11-20(13,3)16(14)8-9-19(12,15)2/h10,14-18,21-22H,1,4-9,11H2,2-3H3/t14-,15-,16+,17?,18?,19+,20-/m0/s1. The Kier molecular flexibility index (Phi) is 3.20. The minimum Gasteiger partial charge on any atom is -0.390 e. The summed E-state index contributed by atoms with van der Waals surface area (Å²) < 4.78 is 0. The van der Waals surface area contributed by atoms with Crippen LogP contribution < -0.4 is 0 Å². The third-order valence-corrected chi connectivity index (χ3v) is 8.09. The monoisotopic (exact) mass is 302 g/mol. The van der Waals surface area contributed by atoms with Crippen LogP contribution in [0.4, 0.5) is 0 Å². The summed E-state index contributed by atoms with van der Waals surface area (Å²) in [4.78, 5) is 0. The van der Waals surface area contributed by atoms with Crippen molar-refractivity contribution in [3.63, 3.8) is 0 Å². The average Bonchev–Trinajstić information content (AvgIpc) is 2.77. The number of hydrogen-bond donors (Lipinski definition) is 2. The molecular weight excluding hydrogens is 272 g/mol. The van der Waals surface area contributed by atoms with Crippen LogP contribution in [0.5, 0.6) is 0 Å². The predicted molar refractivity (Wildman–Crippen MR) is 88.2 cm³/mol. The molecule has 2 unspecified atom stereocenters. The fraction of sp³-hybridized carbons (Fsp3) is 0.800. The lowest BCUT2D eigenvalue weighted by Gasteiger charge is -2.58. The molecule has 3 fully saturated rings. The van der Waals surface area contributed by atoms with Crippen molar-refractivity contribution in [2.45, 2.75) is 71.0 Å². The van der Waals surface area contributed by atoms with Crippen molar-refractivity contribution in [2.75, 3.05) is 0 Å². The van der Waals surface area contributed by atoms with Gasteiger partial charge in [-0.3, -0.25) is 0 Å². The molecule has 0 heterocycles. The van der Waals surface area contributed by atoms with E-state index in [0.717, 1.165) is 24.7 Å². The molecule has 0 aromatic heterocycles. The van der Waals surface area contributed by atoms with E-state index in [1.807, 2.05) is 6.08 Å². The highest BCUT2D eigenvalue weighted by Gasteiger charge is 2.57. The molecule has 0 amide bonds. The maximum absolute atomic E-state index is 10.2. The van der Waals surface area contributed by atoms with E-state index in [2.05, 4.69) is 20.4 Å². The van der Waals surface area contributed by atoms with Gasteiger partial charge in [-0.15, -0.1) is 0 Å². The van der Waals surface area contributed by atoms with Gasteiger partial charge in [0.25, 0.3) is 0 Å². The molecule has 122 valence electrons. The van der Waals surface area contributed by atoms with Crippen molar-refractivity contribution in [3.05, 3.63) is 23.8 Å². The second-order valence-corrected chi connectivity index (χ2v) is 8.89. The van der Waals surface area contributed by atoms with Gasteiger partial charge in [-0.05, 0) is 73.5 Å². The van der Waals surface area contributed by atoms with Crippen molar-refractivity contribution in [3.8, 4) is 0 Å². The fourth-order valence-electron chi connectivity index (χ4n) is 6.66. The SMILES string of the molecule is C=C1CC[C@H]2[C@@H]3CCC4=CC(O)C(O)C[C@]4(C)[C@@H]3CC[C@]12C. The van der Waals surface area contributed by atoms with Gasteiger partial charge in [0, 0.05) is 0 Å². The Balaban J connectivity index is 1.70. The third kappa shape index (κ3) is 1.80. The summed E-state index contributed by atoms with van der Waals surface area (Å²) >= 11 is 0. The number of allylic oxidation sites excluding steroid dienone is 2. The normalized spacial score (nSPS) is 54.3. The van der Waals surface area contributed by atoms with Gasteiger partial charge in [0.15, 0.2) is 0 Å². The van der Waals surface area contributed by atoms with Gasteiger partial charge in [-0.1, -0.05) is 37.6 Å². The minimum atomic E-state index is -0.653. The molecule has 2 heteroatoms. The molecular formula is C20H30O2. The largest absolute Gasteiger partial charge is 0.390 e. The molecule has 0 spiro atoms. The molecule has 0 radical (unpaired) electrons. The van der Waals surface area contributed by atoms with Crippen LogP contribution in [-0.4, -0.2) is 22.4 Å². The van der Waals surface area contributed by atoms with Gasteiger partial charge in [0.1, 0.15) is 0 Å². The lowest BCUT2D eigenvalue weighted by Crippen LogP contribution is -2.52. The Morgan fingerprint density at radius 2 is 1.77 bits per heavy atom. The molecule has 0 aliphatic heterocycles. The quantitative estimate of drug-likeness (QED) is 0.668. The smallest absolute Gasteiger partial charge is 0.0983 e. The van der Waals surface area contributed by atoms with Crippen LogP contribution in [0, 0.1) is 28.6 Å². The van der Waals surface area contributed by atoms with Crippen LogP contribution in [0.1, 0.15) is 58.8 Å². The van der Waals surface area contributed by atoms with Gasteiger partial charge in [0.05, 0.1) is 12.2 Å². The Morgan fingerprint density at radius 3 is 2.55 bits per heavy atom. The Labute approximate surface area is 134 Å². The fourth-order valence-corrected chi connectivity index (χ4v) is 6.66. The van der Waals surface area contributed by atoms with Crippen molar-refractivity contribution < 1.29 is 10.2 Å². The van der Waals surface area contributed by atoms with Crippen LogP contribution in [0.15, 0.2) is 23.8 Å². The zero-order chi connectivity index (χ0) is 15.7. The summed E-state index contributed by atoms with van der Waals surface area (Å²) in [5, 5.41) is 20.3. The zero-order valence-electron chi connectivity index (χ0n) is 14.0. The third-order valence-electron chi connectivity index (χ3n) is 8.09. The first-order valence-corrected chi connectivity index (χ1v) is 9.12. The molecule has 22 heavy (non-hydrogen) atoms. The van der Waals surface area contributed by atoms with Crippen LogP contribution in [0.3, 0.4) is 0 Å². The maximum atomic E-state index is 10.2. The van der Waals surface area contributed by atoms with E-state index in [1.165, 1.54) is 43.3 Å². The van der Waals surface area contributed by atoms with E-state index in [1.54, 1.807) is 0 Å². The Bertz CT molecular complexity index is 536. The summed E-state index contributed by atoms with van der Waals surface area (Å²) in [5.41, 5.74) is 3.38. The van der Waals surface area contributed by atoms with Gasteiger partial charge in [-0.2, -0.15) is 0 Å². The molecule has 0 aromatic rings. The van der Waals surface area contributed by atoms with Gasteiger partial charge >= 0.3 is 0 Å². The molecule has 3 saturated carbocycles. The van der Waals surface area contributed by atoms with Crippen LogP contribution in [-0.2, 0) is 0 Å². The molecule has 0 aromatic carbocycles. The summed E-state index contributed by atoms with van der Waals surface area (Å²) in [7, 11) is 0. The molecule has 2 nitrogen and oxygen atoms in total. The molecule has 4 rings (SSSR count). The second-order valence-electron chi connectivity index (χ2n) is 8.89. The van der Waals surface area contributed by atoms with Crippen molar-refractivity contribution in [1.82, 2.24) is 0 Å². The number of hydrogen-bond acceptors (Lipinski definition) is 2.